The molecule has 1 amide bonds. The van der Waals surface area contributed by atoms with Gasteiger partial charge in [-0.15, -0.1) is 0 Å². The molecule has 4 rings (SSSR count). The number of fused-ring (bicyclic) bond motifs is 1. The molecule has 1 fully saturated rings. The van der Waals surface area contributed by atoms with Crippen molar-refractivity contribution in [2.75, 3.05) is 13.1 Å². The molecule has 2 heterocycles. The lowest BCUT2D eigenvalue weighted by atomic mass is 10.0. The molecular weight excluding hydrogens is 365 g/mol. The Morgan fingerprint density at radius 3 is 2.86 bits per heavy atom. The number of amides is 1. The molecule has 2 aromatic carbocycles. The number of aromatic amines is 1. The van der Waals surface area contributed by atoms with Crippen LogP contribution in [0.2, 0.25) is 0 Å². The van der Waals surface area contributed by atoms with E-state index in [0.717, 1.165) is 41.7 Å². The predicted molar refractivity (Wildman–Crippen MR) is 114 cm³/mol. The Morgan fingerprint density at radius 1 is 1.21 bits per heavy atom. The van der Waals surface area contributed by atoms with Crippen LogP contribution in [0, 0.1) is 12.7 Å². The molecule has 2 N–H and O–H groups in total. The summed E-state index contributed by atoms with van der Waals surface area (Å²) in [5, 5.41) is 3.92. The van der Waals surface area contributed by atoms with Crippen LogP contribution in [0.1, 0.15) is 36.1 Å². The van der Waals surface area contributed by atoms with Crippen LogP contribution < -0.4 is 5.32 Å². The van der Waals surface area contributed by atoms with E-state index < -0.39 is 0 Å². The van der Waals surface area contributed by atoms with E-state index in [4.69, 9.17) is 0 Å². The highest BCUT2D eigenvalue weighted by atomic mass is 19.1. The number of halogens is 1. The van der Waals surface area contributed by atoms with Gasteiger partial charge in [0.15, 0.2) is 0 Å². The van der Waals surface area contributed by atoms with Crippen LogP contribution >= 0.6 is 0 Å². The van der Waals surface area contributed by atoms with Gasteiger partial charge in [-0.1, -0.05) is 36.8 Å². The molecule has 29 heavy (non-hydrogen) atoms. The number of carbonyl (C=O) groups is 1. The predicted octanol–water partition coefficient (Wildman–Crippen LogP) is 4.33. The van der Waals surface area contributed by atoms with E-state index in [9.17, 15) is 9.18 Å². The maximum Gasteiger partial charge on any atom is 0.224 e. The van der Waals surface area contributed by atoms with Crippen LogP contribution in [0.15, 0.2) is 48.5 Å². The molecule has 1 saturated heterocycles. The maximum atomic E-state index is 13.7. The molecule has 0 radical (unpaired) electrons. The van der Waals surface area contributed by atoms with E-state index in [2.05, 4.69) is 39.5 Å². The average molecular weight is 394 g/mol. The van der Waals surface area contributed by atoms with Gasteiger partial charge in [0.2, 0.25) is 5.91 Å². The molecule has 1 aliphatic heterocycles. The summed E-state index contributed by atoms with van der Waals surface area (Å²) in [4.78, 5) is 18.4. The van der Waals surface area contributed by atoms with Crippen molar-refractivity contribution in [3.8, 4) is 0 Å². The molecule has 1 aromatic heterocycles. The maximum absolute atomic E-state index is 13.7. The highest BCUT2D eigenvalue weighted by Gasteiger charge is 2.23. The van der Waals surface area contributed by atoms with Crippen LogP contribution in [-0.2, 0) is 17.8 Å². The molecule has 0 saturated carbocycles. The Kier molecular flexibility index (Phi) is 5.95. The molecule has 152 valence electrons. The number of carbonyl (C=O) groups excluding carboxylic acids is 1. The summed E-state index contributed by atoms with van der Waals surface area (Å²) in [5.74, 6) is -0.291. The van der Waals surface area contributed by atoms with Gasteiger partial charge in [0.05, 0.1) is 6.42 Å². The fourth-order valence-corrected chi connectivity index (χ4v) is 4.35. The number of nitrogens with zero attached hydrogens (tertiary/aromatic N) is 1. The standard InChI is InChI=1S/C24H28FN3O/c1-17-21(22-13-19(25)10-11-23(22)27-17)14-24(29)26-15-20-9-5-6-12-28(20)16-18-7-3-2-4-8-18/h2-4,7-8,10-11,13,20,27H,5-6,9,12,14-16H2,1H3,(H,26,29). The van der Waals surface area contributed by atoms with E-state index in [1.807, 2.05) is 13.0 Å². The second-order valence-electron chi connectivity index (χ2n) is 8.00. The fourth-order valence-electron chi connectivity index (χ4n) is 4.35. The summed E-state index contributed by atoms with van der Waals surface area (Å²) in [7, 11) is 0. The van der Waals surface area contributed by atoms with Crippen LogP contribution in [-0.4, -0.2) is 34.9 Å². The van der Waals surface area contributed by atoms with Crippen LogP contribution in [0.5, 0.6) is 0 Å². The third-order valence-electron chi connectivity index (χ3n) is 5.93. The van der Waals surface area contributed by atoms with Crippen molar-refractivity contribution in [3.05, 3.63) is 71.2 Å². The van der Waals surface area contributed by atoms with Gasteiger partial charge in [0.1, 0.15) is 5.82 Å². The Morgan fingerprint density at radius 2 is 2.03 bits per heavy atom. The van der Waals surface area contributed by atoms with Crippen molar-refractivity contribution in [1.29, 1.82) is 0 Å². The number of hydrogen-bond acceptors (Lipinski definition) is 2. The van der Waals surface area contributed by atoms with Gasteiger partial charge in [-0.3, -0.25) is 9.69 Å². The number of benzene rings is 2. The fraction of sp³-hybridized carbons (Fsp3) is 0.375. The molecule has 0 spiro atoms. The number of nitrogens with one attached hydrogen (secondary N) is 2. The summed E-state index contributed by atoms with van der Waals surface area (Å²) in [5.41, 5.74) is 3.97. The topological polar surface area (TPSA) is 48.1 Å². The highest BCUT2D eigenvalue weighted by molar-refractivity contribution is 5.90. The van der Waals surface area contributed by atoms with Crippen LogP contribution in [0.4, 0.5) is 4.39 Å². The normalized spacial score (nSPS) is 17.5. The Hall–Kier alpha value is -2.66. The monoisotopic (exact) mass is 393 g/mol. The van der Waals surface area contributed by atoms with Gasteiger partial charge in [0.25, 0.3) is 0 Å². The smallest absolute Gasteiger partial charge is 0.224 e. The number of aryl methyl sites for hydroxylation is 1. The van der Waals surface area contributed by atoms with Gasteiger partial charge in [0, 0.05) is 35.7 Å². The van der Waals surface area contributed by atoms with Gasteiger partial charge >= 0.3 is 0 Å². The number of aromatic nitrogens is 1. The lowest BCUT2D eigenvalue weighted by Gasteiger charge is -2.36. The lowest BCUT2D eigenvalue weighted by molar-refractivity contribution is -0.120. The number of piperidine rings is 1. The van der Waals surface area contributed by atoms with E-state index in [1.54, 1.807) is 6.07 Å². The zero-order valence-electron chi connectivity index (χ0n) is 16.9. The molecule has 1 atom stereocenters. The second-order valence-corrected chi connectivity index (χ2v) is 8.00. The van der Waals surface area contributed by atoms with E-state index in [1.165, 1.54) is 30.5 Å². The minimum absolute atomic E-state index is 0.0107. The Labute approximate surface area is 171 Å². The lowest BCUT2D eigenvalue weighted by Crippen LogP contribution is -2.46. The quantitative estimate of drug-likeness (QED) is 0.655. The third-order valence-corrected chi connectivity index (χ3v) is 5.93. The van der Waals surface area contributed by atoms with Crippen molar-refractivity contribution in [2.24, 2.45) is 0 Å². The minimum Gasteiger partial charge on any atom is -0.358 e. The molecule has 0 bridgehead atoms. The van der Waals surface area contributed by atoms with E-state index in [0.29, 0.717) is 12.6 Å². The van der Waals surface area contributed by atoms with Gasteiger partial charge < -0.3 is 10.3 Å². The van der Waals surface area contributed by atoms with Crippen molar-refractivity contribution in [2.45, 2.75) is 45.2 Å². The van der Waals surface area contributed by atoms with Crippen molar-refractivity contribution in [3.63, 3.8) is 0 Å². The molecule has 4 nitrogen and oxygen atoms in total. The SMILES string of the molecule is Cc1[nH]c2ccc(F)cc2c1CC(=O)NCC1CCCCN1Cc1ccccc1. The summed E-state index contributed by atoms with van der Waals surface area (Å²) in [6, 6.07) is 15.5. The number of hydrogen-bond donors (Lipinski definition) is 2. The first-order valence-electron chi connectivity index (χ1n) is 10.4. The highest BCUT2D eigenvalue weighted by Crippen LogP contribution is 2.24. The summed E-state index contributed by atoms with van der Waals surface area (Å²) >= 11 is 0. The van der Waals surface area contributed by atoms with Crippen LogP contribution in [0.3, 0.4) is 0 Å². The van der Waals surface area contributed by atoms with Crippen LogP contribution in [0.25, 0.3) is 10.9 Å². The van der Waals surface area contributed by atoms with E-state index >= 15 is 0 Å². The first-order chi connectivity index (χ1) is 14.1. The van der Waals surface area contributed by atoms with Gasteiger partial charge in [-0.05, 0) is 55.6 Å². The summed E-state index contributed by atoms with van der Waals surface area (Å²) in [6.07, 6.45) is 3.77. The largest absolute Gasteiger partial charge is 0.358 e. The van der Waals surface area contributed by atoms with E-state index in [-0.39, 0.29) is 18.1 Å². The molecule has 3 aromatic rings. The molecule has 0 aliphatic carbocycles. The number of likely N-dealkylation sites (tertiary alicyclic amines) is 1. The summed E-state index contributed by atoms with van der Waals surface area (Å²) in [6.45, 7) is 4.57. The van der Waals surface area contributed by atoms with Crippen molar-refractivity contribution >= 4 is 16.8 Å². The first kappa shape index (κ1) is 19.6. The number of rotatable bonds is 6. The van der Waals surface area contributed by atoms with Gasteiger partial charge in [-0.25, -0.2) is 4.39 Å². The molecule has 1 unspecified atom stereocenters. The molecule has 5 heteroatoms. The zero-order valence-corrected chi connectivity index (χ0v) is 16.9. The molecular formula is C24H28FN3O. The first-order valence-corrected chi connectivity index (χ1v) is 10.4. The molecule has 1 aliphatic rings. The summed E-state index contributed by atoms with van der Waals surface area (Å²) < 4.78 is 13.7. The minimum atomic E-state index is -0.281. The average Bonchev–Trinajstić information content (AvgIpc) is 3.03. The Bertz CT molecular complexity index is 982. The zero-order chi connectivity index (χ0) is 20.2. The second kappa shape index (κ2) is 8.78. The van der Waals surface area contributed by atoms with Crippen molar-refractivity contribution < 1.29 is 9.18 Å². The van der Waals surface area contributed by atoms with Crippen molar-refractivity contribution in [1.82, 2.24) is 15.2 Å². The third kappa shape index (κ3) is 4.67. The number of H-pyrrole nitrogens is 1. The van der Waals surface area contributed by atoms with Gasteiger partial charge in [-0.2, -0.15) is 0 Å². The Balaban J connectivity index is 1.38.